The van der Waals surface area contributed by atoms with Crippen molar-refractivity contribution >= 4 is 41.5 Å². The van der Waals surface area contributed by atoms with Crippen LogP contribution >= 0.6 is 7.75 Å². The Kier molecular flexibility index (Phi) is 11.1. The molecule has 0 spiro atoms. The number of benzene rings is 1. The van der Waals surface area contributed by atoms with Gasteiger partial charge in [-0.05, 0) is 58.7 Å². The number of aromatic nitrogens is 4. The van der Waals surface area contributed by atoms with Gasteiger partial charge in [-0.3, -0.25) is 14.3 Å². The molecular weight excluding hydrogens is 571 g/mol. The van der Waals surface area contributed by atoms with E-state index >= 15 is 0 Å². The van der Waals surface area contributed by atoms with Gasteiger partial charge in [-0.25, -0.2) is 14.5 Å². The highest BCUT2D eigenvalue weighted by Gasteiger charge is 2.33. The maximum atomic E-state index is 14.0. The number of carbonyl (C=O) groups excluding carboxylic acids is 1. The van der Waals surface area contributed by atoms with Crippen LogP contribution in [0.4, 0.5) is 5.82 Å². The van der Waals surface area contributed by atoms with Gasteiger partial charge >= 0.3 is 13.7 Å². The van der Waals surface area contributed by atoms with Gasteiger partial charge in [-0.15, -0.1) is 0 Å². The molecule has 3 atom stereocenters. The van der Waals surface area contributed by atoms with Gasteiger partial charge in [0.25, 0.3) is 0 Å². The molecule has 0 bridgehead atoms. The Bertz CT molecular complexity index is 1560. The first-order valence-corrected chi connectivity index (χ1v) is 16.1. The molecule has 4 aromatic rings. The lowest BCUT2D eigenvalue weighted by atomic mass is 10.1. The van der Waals surface area contributed by atoms with Gasteiger partial charge < -0.3 is 24.3 Å². The summed E-state index contributed by atoms with van der Waals surface area (Å²) in [6.45, 7) is 9.93. The Balaban J connectivity index is 1.65. The lowest BCUT2D eigenvalue weighted by Gasteiger charge is -2.25. The van der Waals surface area contributed by atoms with Crippen LogP contribution in [0.25, 0.3) is 21.9 Å². The highest BCUT2D eigenvalue weighted by Crippen LogP contribution is 2.45. The highest BCUT2D eigenvalue weighted by atomic mass is 31.2. The lowest BCUT2D eigenvalue weighted by Crippen LogP contribution is -2.36. The Morgan fingerprint density at radius 2 is 1.88 bits per heavy atom. The number of hydrogen-bond acceptors (Lipinski definition) is 10. The van der Waals surface area contributed by atoms with Crippen LogP contribution in [0.15, 0.2) is 48.8 Å². The maximum Gasteiger partial charge on any atom is 0.459 e. The Morgan fingerprint density at radius 3 is 2.58 bits per heavy atom. The summed E-state index contributed by atoms with van der Waals surface area (Å²) >= 11 is 0. The van der Waals surface area contributed by atoms with E-state index in [9.17, 15) is 9.36 Å². The summed E-state index contributed by atoms with van der Waals surface area (Å²) < 4.78 is 38.9. The number of anilines is 1. The maximum absolute atomic E-state index is 14.0. The first kappa shape index (κ1) is 32.3. The number of ether oxygens (including phenoxy) is 2. The van der Waals surface area contributed by atoms with E-state index in [0.717, 1.165) is 35.1 Å². The predicted octanol–water partition coefficient (Wildman–Crippen LogP) is 5.96. The van der Waals surface area contributed by atoms with Crippen LogP contribution in [-0.2, 0) is 30.0 Å². The fourth-order valence-corrected chi connectivity index (χ4v) is 6.35. The number of nitrogen functional groups attached to an aromatic ring is 1. The van der Waals surface area contributed by atoms with Crippen LogP contribution < -0.4 is 15.3 Å². The summed E-state index contributed by atoms with van der Waals surface area (Å²) in [7, 11) is -4.04. The minimum absolute atomic E-state index is 0.0490. The number of imidazole rings is 1. The number of hydrogen-bond donors (Lipinski definition) is 2. The van der Waals surface area contributed by atoms with Gasteiger partial charge in [0.05, 0.1) is 29.9 Å². The second kappa shape index (κ2) is 14.7. The fraction of sp³-hybridized carbons (Fsp3) is 0.467. The third-order valence-electron chi connectivity index (χ3n) is 6.68. The van der Waals surface area contributed by atoms with E-state index in [-0.39, 0.29) is 24.5 Å². The van der Waals surface area contributed by atoms with Gasteiger partial charge in [0.2, 0.25) is 0 Å². The quantitative estimate of drug-likeness (QED) is 0.114. The monoisotopic (exact) mass is 612 g/mol. The van der Waals surface area contributed by atoms with Crippen molar-refractivity contribution in [3.63, 3.8) is 0 Å². The molecule has 232 valence electrons. The molecule has 3 N–H and O–H groups in total. The molecule has 0 radical (unpaired) electrons. The number of rotatable bonds is 16. The van der Waals surface area contributed by atoms with Gasteiger partial charge in [0.1, 0.15) is 29.7 Å². The van der Waals surface area contributed by atoms with Crippen LogP contribution in [0.2, 0.25) is 0 Å². The first-order chi connectivity index (χ1) is 20.7. The van der Waals surface area contributed by atoms with Crippen LogP contribution in [0.3, 0.4) is 0 Å². The average molecular weight is 613 g/mol. The number of carbonyl (C=O) groups is 1. The first-order valence-electron chi connectivity index (χ1n) is 14.6. The van der Waals surface area contributed by atoms with E-state index in [2.05, 4.69) is 26.5 Å². The van der Waals surface area contributed by atoms with E-state index in [1.807, 2.05) is 31.2 Å². The van der Waals surface area contributed by atoms with Gasteiger partial charge in [0.15, 0.2) is 5.82 Å². The van der Waals surface area contributed by atoms with Crippen LogP contribution in [0, 0.1) is 0 Å². The van der Waals surface area contributed by atoms with Crippen LogP contribution in [0.5, 0.6) is 5.75 Å². The molecule has 0 amide bonds. The summed E-state index contributed by atoms with van der Waals surface area (Å²) in [5, 5.41) is 3.66. The van der Waals surface area contributed by atoms with Crippen molar-refractivity contribution in [1.29, 1.82) is 0 Å². The van der Waals surface area contributed by atoms with E-state index in [0.29, 0.717) is 31.0 Å². The van der Waals surface area contributed by atoms with Crippen molar-refractivity contribution in [2.45, 2.75) is 78.7 Å². The molecule has 1 unspecified atom stereocenters. The highest BCUT2D eigenvalue weighted by molar-refractivity contribution is 7.52. The molecule has 0 fully saturated rings. The minimum atomic E-state index is -4.04. The second-order valence-electron chi connectivity index (χ2n) is 10.4. The molecule has 12 nitrogen and oxygen atoms in total. The number of pyridine rings is 2. The van der Waals surface area contributed by atoms with Crippen molar-refractivity contribution in [3.8, 4) is 5.75 Å². The standard InChI is InChI=1S/C30H41N6O6P/c1-6-11-22(36-26(19-39-7-2)34-27-28(36)24-13-8-9-14-25(24)33-29(27)31)15-17-40-43(38,42-23-12-10-16-32-18-23)35-21(5)30(37)41-20(3)4/h8-10,12-14,16,18,20-22H,6-7,11,15,17,19H2,1-5H3,(H2,31,33)(H,35,38)/t21-,22+,43?/m0/s1. The third kappa shape index (κ3) is 8.08. The molecular formula is C30H41N6O6P. The Morgan fingerprint density at radius 1 is 1.09 bits per heavy atom. The molecule has 0 aliphatic heterocycles. The van der Waals surface area contributed by atoms with E-state index in [1.165, 1.54) is 6.20 Å². The van der Waals surface area contributed by atoms with Crippen molar-refractivity contribution in [2.24, 2.45) is 0 Å². The van der Waals surface area contributed by atoms with E-state index in [1.54, 1.807) is 39.1 Å². The molecule has 0 saturated carbocycles. The number of nitrogens with zero attached hydrogens (tertiary/aromatic N) is 4. The summed E-state index contributed by atoms with van der Waals surface area (Å²) in [6.07, 6.45) is 4.78. The zero-order chi connectivity index (χ0) is 31.0. The average Bonchev–Trinajstić information content (AvgIpc) is 3.36. The number of fused-ring (bicyclic) bond motifs is 3. The number of esters is 1. The normalized spacial score (nSPS) is 14.6. The van der Waals surface area contributed by atoms with Crippen molar-refractivity contribution < 1.29 is 27.9 Å². The molecule has 0 aliphatic carbocycles. The van der Waals surface area contributed by atoms with Crippen LogP contribution in [-0.4, -0.2) is 50.8 Å². The summed E-state index contributed by atoms with van der Waals surface area (Å²) in [4.78, 5) is 26.0. The predicted molar refractivity (Wildman–Crippen MR) is 166 cm³/mol. The molecule has 0 saturated heterocycles. The van der Waals surface area contributed by atoms with Crippen LogP contribution in [0.1, 0.15) is 65.7 Å². The molecule has 43 heavy (non-hydrogen) atoms. The number of nitrogens with one attached hydrogen (secondary N) is 1. The molecule has 1 aromatic carbocycles. The smallest absolute Gasteiger partial charge is 0.459 e. The molecule has 0 aliphatic rings. The van der Waals surface area contributed by atoms with Gasteiger partial charge in [-0.1, -0.05) is 31.5 Å². The second-order valence-corrected chi connectivity index (χ2v) is 12.1. The minimum Gasteiger partial charge on any atom is -0.462 e. The van der Waals surface area contributed by atoms with E-state index < -0.39 is 19.8 Å². The summed E-state index contributed by atoms with van der Waals surface area (Å²) in [5.74, 6) is 0.735. The fourth-order valence-electron chi connectivity index (χ4n) is 4.86. The summed E-state index contributed by atoms with van der Waals surface area (Å²) in [6, 6.07) is 10.0. The summed E-state index contributed by atoms with van der Waals surface area (Å²) in [5.41, 5.74) is 8.63. The van der Waals surface area contributed by atoms with Crippen molar-refractivity contribution in [3.05, 3.63) is 54.6 Å². The topological polar surface area (TPSA) is 153 Å². The molecule has 13 heteroatoms. The molecule has 4 rings (SSSR count). The van der Waals surface area contributed by atoms with E-state index in [4.69, 9.17) is 29.2 Å². The van der Waals surface area contributed by atoms with Crippen molar-refractivity contribution in [1.82, 2.24) is 24.6 Å². The third-order valence-corrected chi connectivity index (χ3v) is 8.36. The lowest BCUT2D eigenvalue weighted by molar-refractivity contribution is -0.149. The molecule has 3 heterocycles. The number of nitrogens with two attached hydrogens (primary N) is 1. The van der Waals surface area contributed by atoms with Crippen molar-refractivity contribution in [2.75, 3.05) is 18.9 Å². The van der Waals surface area contributed by atoms with Gasteiger partial charge in [-0.2, -0.15) is 5.09 Å². The Hall–Kier alpha value is -3.57. The SMILES string of the molecule is CCC[C@H](CCOP(=O)(N[C@@H](C)C(=O)OC(C)C)Oc1cccnc1)n1c(COCC)nc2c(N)nc3ccccc3c21. The largest absolute Gasteiger partial charge is 0.462 e. The number of para-hydroxylation sites is 1. The zero-order valence-electron chi connectivity index (χ0n) is 25.4. The zero-order valence-corrected chi connectivity index (χ0v) is 26.3. The molecule has 3 aromatic heterocycles. The Labute approximate surface area is 251 Å². The van der Waals surface area contributed by atoms with Gasteiger partial charge in [0, 0.05) is 24.2 Å².